The van der Waals surface area contributed by atoms with Crippen molar-refractivity contribution in [3.8, 4) is 11.5 Å². The average Bonchev–Trinajstić information content (AvgIpc) is 2.93. The van der Waals surface area contributed by atoms with Gasteiger partial charge < -0.3 is 14.8 Å². The zero-order valence-electron chi connectivity index (χ0n) is 14.0. The Morgan fingerprint density at radius 1 is 1.00 bits per heavy atom. The molecule has 1 fully saturated rings. The minimum atomic E-state index is -0.527. The number of hydrogen-bond acceptors (Lipinski definition) is 4. The molecule has 0 spiro atoms. The number of urea groups is 1. The Kier molecular flexibility index (Phi) is 5.58. The zero-order chi connectivity index (χ0) is 18.5. The summed E-state index contributed by atoms with van der Waals surface area (Å²) in [6.45, 7) is 2.77. The topological polar surface area (TPSA) is 76.7 Å². The molecule has 7 heteroatoms. The monoisotopic (exact) mass is 416 g/mol. The second-order valence-corrected chi connectivity index (χ2v) is 6.44. The van der Waals surface area contributed by atoms with E-state index in [1.54, 1.807) is 24.3 Å². The first-order valence-electron chi connectivity index (χ1n) is 8.03. The van der Waals surface area contributed by atoms with Gasteiger partial charge in [0.05, 0.1) is 6.61 Å². The number of nitrogens with one attached hydrogen (secondary N) is 2. The average molecular weight is 417 g/mol. The summed E-state index contributed by atoms with van der Waals surface area (Å²) >= 11 is 3.40. The molecule has 2 N–H and O–H groups in total. The molecule has 26 heavy (non-hydrogen) atoms. The summed E-state index contributed by atoms with van der Waals surface area (Å²) in [7, 11) is 0. The van der Waals surface area contributed by atoms with Crippen molar-refractivity contribution in [2.24, 2.45) is 0 Å². The Morgan fingerprint density at radius 2 is 1.77 bits per heavy atom. The normalized spacial score (nSPS) is 14.9. The fraction of sp³-hybridized carbons (Fsp3) is 0.158. The lowest BCUT2D eigenvalue weighted by Crippen LogP contribution is -2.22. The fourth-order valence-corrected chi connectivity index (χ4v) is 2.66. The molecule has 0 bridgehead atoms. The molecule has 0 unspecified atom stereocenters. The summed E-state index contributed by atoms with van der Waals surface area (Å²) in [5.74, 6) is 0.726. The molecular formula is C19H17BrN2O4. The molecule has 2 aromatic rings. The maximum atomic E-state index is 11.6. The van der Waals surface area contributed by atoms with Gasteiger partial charge in [-0.1, -0.05) is 34.1 Å². The van der Waals surface area contributed by atoms with E-state index in [1.807, 2.05) is 31.2 Å². The van der Waals surface area contributed by atoms with E-state index in [2.05, 4.69) is 26.6 Å². The highest BCUT2D eigenvalue weighted by Gasteiger charge is 2.22. The Balaban J connectivity index is 1.78. The minimum absolute atomic E-state index is 0.195. The Labute approximate surface area is 159 Å². The van der Waals surface area contributed by atoms with Crippen LogP contribution in [-0.2, 0) is 11.4 Å². The smallest absolute Gasteiger partial charge is 0.326 e. The van der Waals surface area contributed by atoms with Crippen LogP contribution in [0.25, 0.3) is 6.08 Å². The van der Waals surface area contributed by atoms with E-state index in [9.17, 15) is 9.59 Å². The predicted octanol–water partition coefficient (Wildman–Crippen LogP) is 3.61. The van der Waals surface area contributed by atoms with E-state index < -0.39 is 11.9 Å². The summed E-state index contributed by atoms with van der Waals surface area (Å²) in [4.78, 5) is 22.8. The molecule has 0 saturated carbocycles. The first-order chi connectivity index (χ1) is 12.5. The molecule has 0 atom stereocenters. The standard InChI is InChI=1S/C19H17BrN2O4/c1-2-25-17-10-13(9-15-18(23)22-19(24)21-15)5-8-16(17)26-11-12-3-6-14(20)7-4-12/h3-10H,2,11H2,1H3,(H2,21,22,23,24). The van der Waals surface area contributed by atoms with Gasteiger partial charge in [-0.25, -0.2) is 4.79 Å². The lowest BCUT2D eigenvalue weighted by atomic mass is 10.1. The molecule has 2 aromatic carbocycles. The van der Waals surface area contributed by atoms with Crippen LogP contribution in [-0.4, -0.2) is 18.5 Å². The summed E-state index contributed by atoms with van der Waals surface area (Å²) in [6, 6.07) is 12.7. The first-order valence-corrected chi connectivity index (χ1v) is 8.82. The Morgan fingerprint density at radius 3 is 2.42 bits per heavy atom. The second kappa shape index (κ2) is 8.05. The van der Waals surface area contributed by atoms with Crippen LogP contribution in [0.3, 0.4) is 0 Å². The van der Waals surface area contributed by atoms with Crippen LogP contribution in [0.1, 0.15) is 18.1 Å². The quantitative estimate of drug-likeness (QED) is 0.556. The van der Waals surface area contributed by atoms with Crippen LogP contribution in [0, 0.1) is 0 Å². The van der Waals surface area contributed by atoms with Crippen molar-refractivity contribution in [1.82, 2.24) is 10.6 Å². The maximum Gasteiger partial charge on any atom is 0.326 e. The van der Waals surface area contributed by atoms with Crippen LogP contribution < -0.4 is 20.1 Å². The molecular weight excluding hydrogens is 400 g/mol. The van der Waals surface area contributed by atoms with Crippen LogP contribution in [0.5, 0.6) is 11.5 Å². The highest BCUT2D eigenvalue weighted by atomic mass is 79.9. The molecule has 1 aliphatic rings. The molecule has 1 heterocycles. The van der Waals surface area contributed by atoms with E-state index >= 15 is 0 Å². The third-order valence-corrected chi connectivity index (χ3v) is 4.13. The molecule has 3 amide bonds. The van der Waals surface area contributed by atoms with Crippen molar-refractivity contribution in [3.63, 3.8) is 0 Å². The molecule has 3 rings (SSSR count). The van der Waals surface area contributed by atoms with Gasteiger partial charge in [0.15, 0.2) is 11.5 Å². The number of benzene rings is 2. The SMILES string of the molecule is CCOc1cc(C=C2NC(=O)NC2=O)ccc1OCc1ccc(Br)cc1. The molecule has 0 aromatic heterocycles. The number of carbonyl (C=O) groups is 2. The molecule has 0 radical (unpaired) electrons. The summed E-state index contributed by atoms with van der Waals surface area (Å²) in [5, 5.41) is 4.62. The number of ether oxygens (including phenoxy) is 2. The zero-order valence-corrected chi connectivity index (χ0v) is 15.6. The number of hydrogen-bond donors (Lipinski definition) is 2. The Hall–Kier alpha value is -2.80. The third kappa shape index (κ3) is 4.43. The number of halogens is 1. The molecule has 6 nitrogen and oxygen atoms in total. The van der Waals surface area contributed by atoms with Crippen molar-refractivity contribution < 1.29 is 19.1 Å². The van der Waals surface area contributed by atoms with E-state index in [1.165, 1.54) is 0 Å². The van der Waals surface area contributed by atoms with Crippen LogP contribution >= 0.6 is 15.9 Å². The van der Waals surface area contributed by atoms with Gasteiger partial charge in [0.1, 0.15) is 12.3 Å². The third-order valence-electron chi connectivity index (χ3n) is 3.61. The van der Waals surface area contributed by atoms with Crippen molar-refractivity contribution >= 4 is 33.9 Å². The predicted molar refractivity (Wildman–Crippen MR) is 101 cm³/mol. The van der Waals surface area contributed by atoms with Gasteiger partial charge in [0, 0.05) is 4.47 Å². The number of carbonyl (C=O) groups excluding carboxylic acids is 2. The molecule has 0 aliphatic carbocycles. The van der Waals surface area contributed by atoms with Gasteiger partial charge in [0.2, 0.25) is 0 Å². The van der Waals surface area contributed by atoms with Crippen molar-refractivity contribution in [1.29, 1.82) is 0 Å². The molecule has 1 saturated heterocycles. The summed E-state index contributed by atoms with van der Waals surface area (Å²) < 4.78 is 12.5. The minimum Gasteiger partial charge on any atom is -0.490 e. The highest BCUT2D eigenvalue weighted by Crippen LogP contribution is 2.30. The lowest BCUT2D eigenvalue weighted by Gasteiger charge is -2.13. The van der Waals surface area contributed by atoms with Crippen LogP contribution in [0.15, 0.2) is 52.6 Å². The second-order valence-electron chi connectivity index (χ2n) is 5.52. The van der Waals surface area contributed by atoms with Crippen molar-refractivity contribution in [2.45, 2.75) is 13.5 Å². The van der Waals surface area contributed by atoms with Crippen LogP contribution in [0.2, 0.25) is 0 Å². The van der Waals surface area contributed by atoms with Crippen molar-refractivity contribution in [2.75, 3.05) is 6.61 Å². The number of amides is 3. The van der Waals surface area contributed by atoms with Gasteiger partial charge in [-0.15, -0.1) is 0 Å². The van der Waals surface area contributed by atoms with Gasteiger partial charge >= 0.3 is 6.03 Å². The highest BCUT2D eigenvalue weighted by molar-refractivity contribution is 9.10. The number of imide groups is 1. The van der Waals surface area contributed by atoms with Gasteiger partial charge in [-0.05, 0) is 48.4 Å². The van der Waals surface area contributed by atoms with Crippen LogP contribution in [0.4, 0.5) is 4.79 Å². The molecule has 134 valence electrons. The number of rotatable bonds is 6. The van der Waals surface area contributed by atoms with E-state index in [0.717, 1.165) is 15.6 Å². The van der Waals surface area contributed by atoms with Gasteiger partial charge in [-0.2, -0.15) is 0 Å². The fourth-order valence-electron chi connectivity index (χ4n) is 2.39. The largest absolute Gasteiger partial charge is 0.490 e. The van der Waals surface area contributed by atoms with E-state index in [0.29, 0.717) is 24.7 Å². The maximum absolute atomic E-state index is 11.6. The van der Waals surface area contributed by atoms with Gasteiger partial charge in [-0.3, -0.25) is 10.1 Å². The van der Waals surface area contributed by atoms with E-state index in [-0.39, 0.29) is 5.70 Å². The van der Waals surface area contributed by atoms with Gasteiger partial charge in [0.25, 0.3) is 5.91 Å². The lowest BCUT2D eigenvalue weighted by molar-refractivity contribution is -0.115. The summed E-state index contributed by atoms with van der Waals surface area (Å²) in [5.41, 5.74) is 1.95. The first kappa shape index (κ1) is 18.0. The molecule has 1 aliphatic heterocycles. The van der Waals surface area contributed by atoms with E-state index in [4.69, 9.17) is 9.47 Å². The summed E-state index contributed by atoms with van der Waals surface area (Å²) in [6.07, 6.45) is 1.58. The van der Waals surface area contributed by atoms with Crippen molar-refractivity contribution in [3.05, 3.63) is 63.8 Å². The Bertz CT molecular complexity index is 862.